The predicted molar refractivity (Wildman–Crippen MR) is 58.9 cm³/mol. The lowest BCUT2D eigenvalue weighted by Crippen LogP contribution is -2.01. The topological polar surface area (TPSA) is 50.9 Å². The minimum Gasteiger partial charge on any atom is -0.381 e. The first-order valence-corrected chi connectivity index (χ1v) is 5.51. The summed E-state index contributed by atoms with van der Waals surface area (Å²) in [6, 6.07) is 1.82. The zero-order valence-corrected chi connectivity index (χ0v) is 9.75. The molecule has 0 saturated heterocycles. The van der Waals surface area contributed by atoms with Crippen molar-refractivity contribution in [3.05, 3.63) is 33.5 Å². The van der Waals surface area contributed by atoms with Crippen LogP contribution >= 0.6 is 11.3 Å². The summed E-state index contributed by atoms with van der Waals surface area (Å²) in [6.07, 6.45) is 1.17. The van der Waals surface area contributed by atoms with Crippen LogP contribution in [0.2, 0.25) is 0 Å². The van der Waals surface area contributed by atoms with Gasteiger partial charge in [-0.3, -0.25) is 4.68 Å². The molecule has 1 atom stereocenters. The Labute approximate surface area is 92.2 Å². The van der Waals surface area contributed by atoms with Gasteiger partial charge in [0.25, 0.3) is 0 Å². The van der Waals surface area contributed by atoms with Gasteiger partial charge in [0.05, 0.1) is 21.3 Å². The highest BCUT2D eigenvalue weighted by Gasteiger charge is 2.18. The summed E-state index contributed by atoms with van der Waals surface area (Å²) in [6.45, 7) is 3.84. The maximum absolute atomic E-state index is 10.1. The second kappa shape index (κ2) is 3.75. The van der Waals surface area contributed by atoms with Crippen molar-refractivity contribution in [2.75, 3.05) is 0 Å². The lowest BCUT2D eigenvalue weighted by atomic mass is 10.2. The molecule has 0 fully saturated rings. The van der Waals surface area contributed by atoms with Crippen molar-refractivity contribution in [3.63, 3.8) is 0 Å². The number of rotatable bonds is 2. The van der Waals surface area contributed by atoms with E-state index in [1.807, 2.05) is 33.2 Å². The molecule has 2 rings (SSSR count). The van der Waals surface area contributed by atoms with Crippen molar-refractivity contribution in [2.45, 2.75) is 20.0 Å². The lowest BCUT2D eigenvalue weighted by Gasteiger charge is -2.05. The molecule has 0 amide bonds. The molecule has 0 spiro atoms. The number of thiazole rings is 1. The highest BCUT2D eigenvalue weighted by atomic mass is 32.1. The van der Waals surface area contributed by atoms with Crippen molar-refractivity contribution in [1.82, 2.24) is 14.8 Å². The summed E-state index contributed by atoms with van der Waals surface area (Å²) in [4.78, 5) is 5.17. The third kappa shape index (κ3) is 1.93. The summed E-state index contributed by atoms with van der Waals surface area (Å²) in [7, 11) is 1.83. The smallest absolute Gasteiger partial charge is 0.134 e. The van der Waals surface area contributed by atoms with Gasteiger partial charge in [0.2, 0.25) is 0 Å². The zero-order chi connectivity index (χ0) is 11.0. The molecule has 1 N–H and O–H groups in total. The minimum absolute atomic E-state index is 0.655. The van der Waals surface area contributed by atoms with Crippen molar-refractivity contribution >= 4 is 11.3 Å². The number of aryl methyl sites for hydroxylation is 3. The molecule has 4 nitrogen and oxygen atoms in total. The molecule has 5 heteroatoms. The number of aliphatic hydroxyl groups excluding tert-OH is 1. The average molecular weight is 223 g/mol. The van der Waals surface area contributed by atoms with Crippen molar-refractivity contribution in [3.8, 4) is 0 Å². The fourth-order valence-electron chi connectivity index (χ4n) is 1.51. The zero-order valence-electron chi connectivity index (χ0n) is 8.93. The molecule has 15 heavy (non-hydrogen) atoms. The molecular weight excluding hydrogens is 210 g/mol. The summed E-state index contributed by atoms with van der Waals surface area (Å²) >= 11 is 1.52. The number of nitrogens with zero attached hydrogens (tertiary/aromatic N) is 3. The maximum Gasteiger partial charge on any atom is 0.134 e. The molecule has 0 aliphatic carbocycles. The molecule has 0 saturated carbocycles. The van der Waals surface area contributed by atoms with E-state index in [9.17, 15) is 5.11 Å². The summed E-state index contributed by atoms with van der Waals surface area (Å²) in [5, 5.41) is 15.2. The van der Waals surface area contributed by atoms with E-state index in [4.69, 9.17) is 0 Å². The van der Waals surface area contributed by atoms with Gasteiger partial charge in [-0.15, -0.1) is 11.3 Å². The van der Waals surface area contributed by atoms with E-state index < -0.39 is 6.10 Å². The summed E-state index contributed by atoms with van der Waals surface area (Å²) < 4.78 is 1.68. The summed E-state index contributed by atoms with van der Waals surface area (Å²) in [5.41, 5.74) is 1.56. The van der Waals surface area contributed by atoms with E-state index in [-0.39, 0.29) is 0 Å². The van der Waals surface area contributed by atoms with Gasteiger partial charge < -0.3 is 5.11 Å². The Bertz CT molecular complexity index is 475. The second-order valence-electron chi connectivity index (χ2n) is 3.50. The first-order valence-electron chi connectivity index (χ1n) is 4.69. The van der Waals surface area contributed by atoms with Crippen molar-refractivity contribution in [2.24, 2.45) is 7.05 Å². The fourth-order valence-corrected chi connectivity index (χ4v) is 2.44. The van der Waals surface area contributed by atoms with Crippen LogP contribution in [0.4, 0.5) is 0 Å². The molecule has 80 valence electrons. The predicted octanol–water partition coefficient (Wildman–Crippen LogP) is 1.58. The highest BCUT2D eigenvalue weighted by Crippen LogP contribution is 2.28. The van der Waals surface area contributed by atoms with Crippen LogP contribution in [0.15, 0.2) is 12.3 Å². The number of aromatic nitrogens is 3. The molecule has 0 aliphatic heterocycles. The van der Waals surface area contributed by atoms with Crippen LogP contribution in [-0.2, 0) is 7.05 Å². The number of aliphatic hydroxyl groups is 1. The Morgan fingerprint density at radius 1 is 1.47 bits per heavy atom. The lowest BCUT2D eigenvalue weighted by molar-refractivity contribution is 0.217. The molecule has 2 aromatic heterocycles. The molecule has 1 unspecified atom stereocenters. The van der Waals surface area contributed by atoms with Crippen LogP contribution in [0.1, 0.15) is 27.4 Å². The third-order valence-corrected chi connectivity index (χ3v) is 3.33. The third-order valence-electron chi connectivity index (χ3n) is 2.20. The van der Waals surface area contributed by atoms with Gasteiger partial charge >= 0.3 is 0 Å². The van der Waals surface area contributed by atoms with Crippen LogP contribution in [0.5, 0.6) is 0 Å². The van der Waals surface area contributed by atoms with E-state index >= 15 is 0 Å². The van der Waals surface area contributed by atoms with Gasteiger partial charge in [0, 0.05) is 13.2 Å². The van der Waals surface area contributed by atoms with E-state index in [0.717, 1.165) is 15.6 Å². The van der Waals surface area contributed by atoms with E-state index in [1.54, 1.807) is 4.68 Å². The second-order valence-corrected chi connectivity index (χ2v) is 4.73. The Morgan fingerprint density at radius 3 is 2.67 bits per heavy atom. The van der Waals surface area contributed by atoms with Gasteiger partial charge in [0.15, 0.2) is 0 Å². The Morgan fingerprint density at radius 2 is 2.20 bits per heavy atom. The maximum atomic E-state index is 10.1. The van der Waals surface area contributed by atoms with Crippen LogP contribution in [0, 0.1) is 13.8 Å². The molecule has 0 bridgehead atoms. The fraction of sp³-hybridized carbons (Fsp3) is 0.400. The molecule has 0 aliphatic rings. The van der Waals surface area contributed by atoms with Gasteiger partial charge in [-0.05, 0) is 19.9 Å². The molecule has 2 aromatic rings. The molecule has 0 aromatic carbocycles. The van der Waals surface area contributed by atoms with Gasteiger partial charge in [-0.2, -0.15) is 5.10 Å². The van der Waals surface area contributed by atoms with Gasteiger partial charge in [0.1, 0.15) is 6.10 Å². The minimum atomic E-state index is -0.655. The Kier molecular flexibility index (Phi) is 2.58. The number of hydrogen-bond donors (Lipinski definition) is 1. The summed E-state index contributed by atoms with van der Waals surface area (Å²) in [5.74, 6) is 0. The van der Waals surface area contributed by atoms with Gasteiger partial charge in [-0.1, -0.05) is 0 Å². The van der Waals surface area contributed by atoms with Crippen molar-refractivity contribution < 1.29 is 5.11 Å². The van der Waals surface area contributed by atoms with E-state index in [0.29, 0.717) is 5.69 Å². The molecule has 0 radical (unpaired) electrons. The Hall–Kier alpha value is -1.20. The van der Waals surface area contributed by atoms with E-state index in [1.165, 1.54) is 11.3 Å². The van der Waals surface area contributed by atoms with Crippen LogP contribution in [0.25, 0.3) is 0 Å². The van der Waals surface area contributed by atoms with E-state index in [2.05, 4.69) is 10.1 Å². The number of hydrogen-bond acceptors (Lipinski definition) is 4. The standard InChI is InChI=1S/C10H13N3OS/c1-6-10(15-7(2)11-6)9(14)8-4-5-13(3)12-8/h4-5,9,14H,1-3H3. The first kappa shape index (κ1) is 10.3. The molecule has 2 heterocycles. The first-order chi connectivity index (χ1) is 7.08. The quantitative estimate of drug-likeness (QED) is 0.841. The molecular formula is C10H13N3OS. The normalized spacial score (nSPS) is 13.1. The van der Waals surface area contributed by atoms with Gasteiger partial charge in [-0.25, -0.2) is 4.98 Å². The highest BCUT2D eigenvalue weighted by molar-refractivity contribution is 7.11. The van der Waals surface area contributed by atoms with Crippen LogP contribution in [0.3, 0.4) is 0 Å². The van der Waals surface area contributed by atoms with Crippen LogP contribution < -0.4 is 0 Å². The largest absolute Gasteiger partial charge is 0.381 e. The van der Waals surface area contributed by atoms with Crippen molar-refractivity contribution in [1.29, 1.82) is 0 Å². The average Bonchev–Trinajstić information content (AvgIpc) is 2.71. The monoisotopic (exact) mass is 223 g/mol. The Balaban J connectivity index is 2.35. The van der Waals surface area contributed by atoms with Crippen LogP contribution in [-0.4, -0.2) is 19.9 Å². The SMILES string of the molecule is Cc1nc(C)c(C(O)c2ccn(C)n2)s1.